The molecule has 108 valence electrons. The Morgan fingerprint density at radius 1 is 1.30 bits per heavy atom. The summed E-state index contributed by atoms with van der Waals surface area (Å²) in [6, 6.07) is 0. The van der Waals surface area contributed by atoms with Gasteiger partial charge in [0.25, 0.3) is 0 Å². The van der Waals surface area contributed by atoms with Gasteiger partial charge in [0.05, 0.1) is 18.6 Å². The maximum Gasteiger partial charge on any atom is 0.226 e. The largest absolute Gasteiger partial charge is 0.496 e. The summed E-state index contributed by atoms with van der Waals surface area (Å²) >= 11 is 1.72. The summed E-state index contributed by atoms with van der Waals surface area (Å²) in [5.41, 5.74) is 3.20. The molecule has 2 heterocycles. The first-order valence-electron chi connectivity index (χ1n) is 6.54. The average molecular weight is 293 g/mol. The van der Waals surface area contributed by atoms with Crippen LogP contribution in [0, 0.1) is 13.8 Å². The molecule has 0 unspecified atom stereocenters. The van der Waals surface area contributed by atoms with Gasteiger partial charge in [-0.1, -0.05) is 12.1 Å². The van der Waals surface area contributed by atoms with Crippen LogP contribution in [0.2, 0.25) is 0 Å². The van der Waals surface area contributed by atoms with Gasteiger partial charge in [0.15, 0.2) is 5.82 Å². The van der Waals surface area contributed by atoms with E-state index in [9.17, 15) is 0 Å². The fourth-order valence-electron chi connectivity index (χ4n) is 1.95. The molecule has 0 N–H and O–H groups in total. The van der Waals surface area contributed by atoms with Crippen molar-refractivity contribution in [1.82, 2.24) is 15.1 Å². The standard InChI is InChI=1S/C14H19N3O2S/c1-5-13-16-12(17-19-13)8-20-7-11-10(3)14(18-4)9(2)6-15-11/h6H,5,7-8H2,1-4H3. The van der Waals surface area contributed by atoms with Gasteiger partial charge in [0.2, 0.25) is 5.89 Å². The van der Waals surface area contributed by atoms with E-state index in [2.05, 4.69) is 15.1 Å². The van der Waals surface area contributed by atoms with E-state index in [4.69, 9.17) is 9.26 Å². The zero-order valence-electron chi connectivity index (χ0n) is 12.3. The molecule has 0 amide bonds. The van der Waals surface area contributed by atoms with Crippen LogP contribution in [0.15, 0.2) is 10.7 Å². The molecule has 0 bridgehead atoms. The van der Waals surface area contributed by atoms with Gasteiger partial charge in [0.1, 0.15) is 5.75 Å². The zero-order valence-corrected chi connectivity index (χ0v) is 13.1. The van der Waals surface area contributed by atoms with Gasteiger partial charge < -0.3 is 9.26 Å². The molecule has 0 aliphatic rings. The van der Waals surface area contributed by atoms with Gasteiger partial charge in [-0.2, -0.15) is 4.98 Å². The normalized spacial score (nSPS) is 10.8. The molecule has 6 heteroatoms. The highest BCUT2D eigenvalue weighted by atomic mass is 32.2. The summed E-state index contributed by atoms with van der Waals surface area (Å²) in [6.07, 6.45) is 2.62. The van der Waals surface area contributed by atoms with Crippen molar-refractivity contribution in [3.63, 3.8) is 0 Å². The number of nitrogens with zero attached hydrogens (tertiary/aromatic N) is 3. The number of thioether (sulfide) groups is 1. The molecule has 0 saturated heterocycles. The topological polar surface area (TPSA) is 61.0 Å². The Labute approximate surface area is 123 Å². The first-order chi connectivity index (χ1) is 9.65. The number of aromatic nitrogens is 3. The maximum atomic E-state index is 5.41. The Morgan fingerprint density at radius 2 is 2.10 bits per heavy atom. The van der Waals surface area contributed by atoms with E-state index in [-0.39, 0.29) is 0 Å². The third-order valence-electron chi connectivity index (χ3n) is 3.03. The van der Waals surface area contributed by atoms with Crippen molar-refractivity contribution in [2.75, 3.05) is 7.11 Å². The molecule has 0 aliphatic carbocycles. The molecule has 0 saturated carbocycles. The molecule has 2 rings (SSSR count). The molecule has 5 nitrogen and oxygen atoms in total. The quantitative estimate of drug-likeness (QED) is 0.815. The number of hydrogen-bond acceptors (Lipinski definition) is 6. The molecule has 0 aliphatic heterocycles. The van der Waals surface area contributed by atoms with Crippen LogP contribution in [0.1, 0.15) is 35.5 Å². The molecular weight excluding hydrogens is 274 g/mol. The van der Waals surface area contributed by atoms with E-state index in [0.29, 0.717) is 5.89 Å². The molecule has 2 aromatic rings. The second-order valence-corrected chi connectivity index (χ2v) is 5.48. The molecular formula is C14H19N3O2S. The van der Waals surface area contributed by atoms with Gasteiger partial charge >= 0.3 is 0 Å². The Morgan fingerprint density at radius 3 is 2.75 bits per heavy atom. The lowest BCUT2D eigenvalue weighted by Crippen LogP contribution is -1.99. The van der Waals surface area contributed by atoms with Gasteiger partial charge in [-0.15, -0.1) is 11.8 Å². The van der Waals surface area contributed by atoms with Crippen molar-refractivity contribution in [2.24, 2.45) is 0 Å². The maximum absolute atomic E-state index is 5.41. The van der Waals surface area contributed by atoms with E-state index in [1.807, 2.05) is 27.0 Å². The van der Waals surface area contributed by atoms with Gasteiger partial charge in [0, 0.05) is 29.5 Å². The van der Waals surface area contributed by atoms with E-state index >= 15 is 0 Å². The minimum atomic E-state index is 0.687. The summed E-state index contributed by atoms with van der Waals surface area (Å²) in [5.74, 6) is 3.87. The minimum absolute atomic E-state index is 0.687. The lowest BCUT2D eigenvalue weighted by atomic mass is 10.1. The van der Waals surface area contributed by atoms with Crippen LogP contribution >= 0.6 is 11.8 Å². The van der Waals surface area contributed by atoms with Gasteiger partial charge in [-0.3, -0.25) is 4.98 Å². The highest BCUT2D eigenvalue weighted by Crippen LogP contribution is 2.27. The molecule has 0 spiro atoms. The van der Waals surface area contributed by atoms with E-state index in [0.717, 1.165) is 46.3 Å². The Bertz CT molecular complexity index is 584. The van der Waals surface area contributed by atoms with Crippen LogP contribution in [-0.2, 0) is 17.9 Å². The molecule has 2 aromatic heterocycles. The summed E-state index contributed by atoms with van der Waals surface area (Å²) in [5, 5.41) is 3.94. The number of hydrogen-bond donors (Lipinski definition) is 0. The predicted octanol–water partition coefficient (Wildman–Crippen LogP) is 3.09. The predicted molar refractivity (Wildman–Crippen MR) is 78.9 cm³/mol. The molecule has 0 aromatic carbocycles. The first kappa shape index (κ1) is 14.8. The van der Waals surface area contributed by atoms with Crippen LogP contribution < -0.4 is 4.74 Å². The van der Waals surface area contributed by atoms with Gasteiger partial charge in [-0.25, -0.2) is 0 Å². The van der Waals surface area contributed by atoms with Gasteiger partial charge in [-0.05, 0) is 13.8 Å². The highest BCUT2D eigenvalue weighted by molar-refractivity contribution is 7.97. The molecule has 20 heavy (non-hydrogen) atoms. The van der Waals surface area contributed by atoms with Crippen LogP contribution in [0.3, 0.4) is 0 Å². The van der Waals surface area contributed by atoms with Crippen molar-refractivity contribution >= 4 is 11.8 Å². The first-order valence-corrected chi connectivity index (χ1v) is 7.69. The third kappa shape index (κ3) is 3.30. The highest BCUT2D eigenvalue weighted by Gasteiger charge is 2.10. The lowest BCUT2D eigenvalue weighted by molar-refractivity contribution is 0.378. The SMILES string of the molecule is CCc1nc(CSCc2ncc(C)c(OC)c2C)no1. The van der Waals surface area contributed by atoms with Crippen LogP contribution in [0.5, 0.6) is 5.75 Å². The van der Waals surface area contributed by atoms with E-state index in [1.165, 1.54) is 0 Å². The molecule has 0 fully saturated rings. The van der Waals surface area contributed by atoms with E-state index in [1.54, 1.807) is 18.9 Å². The van der Waals surface area contributed by atoms with Crippen LogP contribution in [0.4, 0.5) is 0 Å². The second kappa shape index (κ2) is 6.74. The number of methoxy groups -OCH3 is 1. The second-order valence-electron chi connectivity index (χ2n) is 4.50. The van der Waals surface area contributed by atoms with Crippen molar-refractivity contribution in [3.05, 3.63) is 34.7 Å². The Kier molecular flexibility index (Phi) is 5.00. The molecule has 0 atom stereocenters. The average Bonchev–Trinajstić information content (AvgIpc) is 2.90. The summed E-state index contributed by atoms with van der Waals surface area (Å²) in [7, 11) is 1.69. The van der Waals surface area contributed by atoms with Crippen molar-refractivity contribution in [3.8, 4) is 5.75 Å². The Balaban J connectivity index is 1.97. The number of pyridine rings is 1. The smallest absolute Gasteiger partial charge is 0.226 e. The van der Waals surface area contributed by atoms with E-state index < -0.39 is 0 Å². The number of rotatable bonds is 6. The third-order valence-corrected chi connectivity index (χ3v) is 3.97. The summed E-state index contributed by atoms with van der Waals surface area (Å²) in [4.78, 5) is 8.76. The summed E-state index contributed by atoms with van der Waals surface area (Å²) in [6.45, 7) is 6.04. The monoisotopic (exact) mass is 293 g/mol. The number of aryl methyl sites for hydroxylation is 2. The lowest BCUT2D eigenvalue weighted by Gasteiger charge is -2.11. The fourth-order valence-corrected chi connectivity index (χ4v) is 2.83. The number of ether oxygens (including phenoxy) is 1. The van der Waals surface area contributed by atoms with Crippen LogP contribution in [0.25, 0.3) is 0 Å². The Hall–Kier alpha value is -1.56. The van der Waals surface area contributed by atoms with Crippen molar-refractivity contribution in [2.45, 2.75) is 38.7 Å². The molecule has 0 radical (unpaired) electrons. The minimum Gasteiger partial charge on any atom is -0.496 e. The zero-order chi connectivity index (χ0) is 14.5. The fraction of sp³-hybridized carbons (Fsp3) is 0.500. The van der Waals surface area contributed by atoms with Crippen molar-refractivity contribution in [1.29, 1.82) is 0 Å². The van der Waals surface area contributed by atoms with Crippen LogP contribution in [-0.4, -0.2) is 22.2 Å². The van der Waals surface area contributed by atoms with Crippen molar-refractivity contribution < 1.29 is 9.26 Å². The summed E-state index contributed by atoms with van der Waals surface area (Å²) < 4.78 is 10.5.